The molecule has 0 saturated heterocycles. The molecule has 0 rings (SSSR count). The number of hydrogen-bond acceptors (Lipinski definition) is 3. The molecule has 3 N–H and O–H groups in total. The minimum atomic E-state index is -0.840. The summed E-state index contributed by atoms with van der Waals surface area (Å²) < 4.78 is 0. The molecule has 1 amide bonds. The topological polar surface area (TPSA) is 69.6 Å². The Bertz CT molecular complexity index is 780. The van der Waals surface area contributed by atoms with E-state index in [9.17, 15) is 15.0 Å². The van der Waals surface area contributed by atoms with E-state index in [1.807, 2.05) is 6.08 Å². The fourth-order valence-corrected chi connectivity index (χ4v) is 7.65. The molecule has 0 heterocycles. The minimum Gasteiger partial charge on any atom is -0.394 e. The highest BCUT2D eigenvalue weighted by atomic mass is 16.3. The maximum absolute atomic E-state index is 12.4. The Kier molecular flexibility index (Phi) is 45.3. The summed E-state index contributed by atoms with van der Waals surface area (Å²) in [5.41, 5.74) is 0. The zero-order valence-electron chi connectivity index (χ0n) is 36.8. The predicted molar refractivity (Wildman–Crippen MR) is 239 cm³/mol. The third-order valence-electron chi connectivity index (χ3n) is 11.4. The van der Waals surface area contributed by atoms with E-state index in [1.54, 1.807) is 6.08 Å². The smallest absolute Gasteiger partial charge is 0.220 e. The van der Waals surface area contributed by atoms with Crippen LogP contribution in [-0.4, -0.2) is 34.9 Å². The number of unbranched alkanes of at least 4 members (excludes halogenated alkanes) is 36. The lowest BCUT2D eigenvalue weighted by Gasteiger charge is -2.20. The second-order valence-corrected chi connectivity index (χ2v) is 16.9. The van der Waals surface area contributed by atoms with Crippen molar-refractivity contribution in [1.29, 1.82) is 0 Å². The first-order valence-corrected chi connectivity index (χ1v) is 24.6. The number of carbonyl (C=O) groups excluding carboxylic acids is 1. The van der Waals surface area contributed by atoms with Crippen LogP contribution in [0.1, 0.15) is 271 Å². The second kappa shape index (κ2) is 46.3. The molecule has 54 heavy (non-hydrogen) atoms. The average Bonchev–Trinajstić information content (AvgIpc) is 3.18. The lowest BCUT2D eigenvalue weighted by atomic mass is 10.0. The van der Waals surface area contributed by atoms with Crippen molar-refractivity contribution in [2.75, 3.05) is 6.61 Å². The first-order chi connectivity index (χ1) is 26.7. The van der Waals surface area contributed by atoms with E-state index in [4.69, 9.17) is 0 Å². The van der Waals surface area contributed by atoms with Crippen molar-refractivity contribution in [3.05, 3.63) is 24.3 Å². The van der Waals surface area contributed by atoms with Gasteiger partial charge in [0.1, 0.15) is 0 Å². The number of amides is 1. The van der Waals surface area contributed by atoms with Gasteiger partial charge < -0.3 is 15.5 Å². The van der Waals surface area contributed by atoms with Crippen molar-refractivity contribution in [3.8, 4) is 0 Å². The van der Waals surface area contributed by atoms with E-state index in [1.165, 1.54) is 212 Å². The largest absolute Gasteiger partial charge is 0.394 e. The number of allylic oxidation sites excluding steroid dienone is 3. The van der Waals surface area contributed by atoms with Crippen LogP contribution in [0.2, 0.25) is 0 Å². The van der Waals surface area contributed by atoms with Gasteiger partial charge in [0.05, 0.1) is 18.8 Å². The van der Waals surface area contributed by atoms with Crippen molar-refractivity contribution in [2.24, 2.45) is 0 Å². The molecule has 0 aliphatic carbocycles. The molecule has 0 aromatic rings. The fraction of sp³-hybridized carbons (Fsp3) is 0.900. The number of aliphatic hydroxyl groups excluding tert-OH is 2. The summed E-state index contributed by atoms with van der Waals surface area (Å²) in [6.07, 6.45) is 60.3. The maximum Gasteiger partial charge on any atom is 0.220 e. The summed E-state index contributed by atoms with van der Waals surface area (Å²) in [6, 6.07) is -0.624. The second-order valence-electron chi connectivity index (χ2n) is 16.9. The number of nitrogens with one attached hydrogen (secondary N) is 1. The van der Waals surface area contributed by atoms with Crippen LogP contribution in [0, 0.1) is 0 Å². The number of hydrogen-bond donors (Lipinski definition) is 3. The van der Waals surface area contributed by atoms with Gasteiger partial charge in [-0.2, -0.15) is 0 Å². The molecule has 0 aromatic carbocycles. The molecule has 0 radical (unpaired) electrons. The van der Waals surface area contributed by atoms with E-state index < -0.39 is 12.1 Å². The minimum absolute atomic E-state index is 0.0712. The lowest BCUT2D eigenvalue weighted by Crippen LogP contribution is -2.45. The number of aliphatic hydroxyl groups is 2. The van der Waals surface area contributed by atoms with E-state index >= 15 is 0 Å². The van der Waals surface area contributed by atoms with Crippen LogP contribution in [0.15, 0.2) is 24.3 Å². The Morgan fingerprint density at radius 1 is 0.426 bits per heavy atom. The van der Waals surface area contributed by atoms with Gasteiger partial charge in [0.2, 0.25) is 5.91 Å². The highest BCUT2D eigenvalue weighted by Crippen LogP contribution is 2.17. The van der Waals surface area contributed by atoms with Gasteiger partial charge in [0.15, 0.2) is 0 Å². The summed E-state index contributed by atoms with van der Waals surface area (Å²) >= 11 is 0. The maximum atomic E-state index is 12.4. The van der Waals surface area contributed by atoms with Crippen molar-refractivity contribution in [3.63, 3.8) is 0 Å². The molecule has 320 valence electrons. The summed E-state index contributed by atoms with van der Waals surface area (Å²) in [4.78, 5) is 12.4. The van der Waals surface area contributed by atoms with Gasteiger partial charge in [-0.3, -0.25) is 4.79 Å². The Morgan fingerprint density at radius 2 is 0.704 bits per heavy atom. The normalized spacial score (nSPS) is 13.0. The molecule has 2 atom stereocenters. The third-order valence-corrected chi connectivity index (χ3v) is 11.4. The molecule has 0 aliphatic rings. The van der Waals surface area contributed by atoms with Crippen LogP contribution in [0.3, 0.4) is 0 Å². The molecule has 0 aromatic heterocycles. The Labute approximate surface area is 339 Å². The summed E-state index contributed by atoms with van der Waals surface area (Å²) in [5, 5.41) is 23.0. The molecule has 0 fully saturated rings. The van der Waals surface area contributed by atoms with Gasteiger partial charge in [0.25, 0.3) is 0 Å². The van der Waals surface area contributed by atoms with E-state index in [-0.39, 0.29) is 12.5 Å². The first-order valence-electron chi connectivity index (χ1n) is 24.6. The zero-order valence-corrected chi connectivity index (χ0v) is 36.8. The van der Waals surface area contributed by atoms with Crippen molar-refractivity contribution >= 4 is 5.91 Å². The third kappa shape index (κ3) is 42.0. The molecule has 0 spiro atoms. The molecule has 4 nitrogen and oxygen atoms in total. The molecule has 4 heteroatoms. The monoisotopic (exact) mass is 760 g/mol. The van der Waals surface area contributed by atoms with E-state index in [2.05, 4.69) is 31.3 Å². The number of rotatable bonds is 45. The molecule has 0 aliphatic heterocycles. The Balaban J connectivity index is 3.46. The van der Waals surface area contributed by atoms with Crippen LogP contribution < -0.4 is 5.32 Å². The van der Waals surface area contributed by atoms with Crippen LogP contribution in [0.5, 0.6) is 0 Å². The number of carbonyl (C=O) groups is 1. The summed E-state index contributed by atoms with van der Waals surface area (Å²) in [6.45, 7) is 4.31. The molecular formula is C50H97NO3. The average molecular weight is 760 g/mol. The van der Waals surface area contributed by atoms with Gasteiger partial charge >= 0.3 is 0 Å². The van der Waals surface area contributed by atoms with E-state index in [0.29, 0.717) is 6.42 Å². The van der Waals surface area contributed by atoms with Crippen molar-refractivity contribution < 1.29 is 15.0 Å². The predicted octanol–water partition coefficient (Wildman–Crippen LogP) is 15.6. The van der Waals surface area contributed by atoms with Crippen LogP contribution in [0.4, 0.5) is 0 Å². The molecular weight excluding hydrogens is 663 g/mol. The first kappa shape index (κ1) is 52.9. The fourth-order valence-electron chi connectivity index (χ4n) is 7.65. The molecule has 0 saturated carbocycles. The summed E-state index contributed by atoms with van der Waals surface area (Å²) in [7, 11) is 0. The molecule has 2 unspecified atom stereocenters. The zero-order chi connectivity index (χ0) is 39.3. The van der Waals surface area contributed by atoms with E-state index in [0.717, 1.165) is 38.5 Å². The van der Waals surface area contributed by atoms with Gasteiger partial charge in [-0.25, -0.2) is 0 Å². The highest BCUT2D eigenvalue weighted by molar-refractivity contribution is 5.76. The Hall–Kier alpha value is -1.13. The van der Waals surface area contributed by atoms with Crippen LogP contribution in [0.25, 0.3) is 0 Å². The van der Waals surface area contributed by atoms with Gasteiger partial charge in [-0.1, -0.05) is 244 Å². The van der Waals surface area contributed by atoms with Crippen molar-refractivity contribution in [2.45, 2.75) is 283 Å². The molecule has 0 bridgehead atoms. The van der Waals surface area contributed by atoms with Crippen molar-refractivity contribution in [1.82, 2.24) is 5.32 Å². The van der Waals surface area contributed by atoms with Gasteiger partial charge in [-0.15, -0.1) is 0 Å². The SMILES string of the molecule is CCCCCC/C=C\CCCCCCCC(=O)NC(CO)C(O)/C=C/CCCCCCCCCCCCCCCCCCCCCCCCCCCCC. The van der Waals surface area contributed by atoms with Gasteiger partial charge in [-0.05, 0) is 44.9 Å². The quantitative estimate of drug-likeness (QED) is 0.0428. The summed E-state index contributed by atoms with van der Waals surface area (Å²) in [5.74, 6) is -0.0712. The standard InChI is InChI=1S/C50H97NO3/c1-3-5-7-9-11-13-15-17-18-19-20-21-22-23-24-25-26-27-28-29-30-31-32-34-35-37-39-41-43-45-49(53)48(47-52)51-50(54)46-44-42-40-38-36-33-16-14-12-10-8-6-4-2/h14,16,43,45,48-49,52-53H,3-13,15,17-42,44,46-47H2,1-2H3,(H,51,54)/b16-14-,45-43+. The van der Waals surface area contributed by atoms with Gasteiger partial charge in [0, 0.05) is 6.42 Å². The highest BCUT2D eigenvalue weighted by Gasteiger charge is 2.18. The van der Waals surface area contributed by atoms with Crippen LogP contribution in [-0.2, 0) is 4.79 Å². The lowest BCUT2D eigenvalue weighted by molar-refractivity contribution is -0.123. The van der Waals surface area contributed by atoms with Crippen LogP contribution >= 0.6 is 0 Å². The Morgan fingerprint density at radius 3 is 1.04 bits per heavy atom.